The first-order chi connectivity index (χ1) is 11.1. The van der Waals surface area contributed by atoms with Gasteiger partial charge in [-0.15, -0.1) is 0 Å². The highest BCUT2D eigenvalue weighted by Gasteiger charge is 2.34. The van der Waals surface area contributed by atoms with Crippen LogP contribution in [0.3, 0.4) is 0 Å². The highest BCUT2D eigenvalue weighted by atomic mass is 19.2. The highest BCUT2D eigenvalue weighted by Crippen LogP contribution is 2.34. The number of halogens is 2. The zero-order valence-corrected chi connectivity index (χ0v) is 12.6. The Balaban J connectivity index is 2.19. The highest BCUT2D eigenvalue weighted by molar-refractivity contribution is 6.30. The molecule has 0 fully saturated rings. The van der Waals surface area contributed by atoms with Gasteiger partial charge in [-0.25, -0.2) is 8.78 Å². The number of benzene rings is 2. The van der Waals surface area contributed by atoms with E-state index in [0.717, 1.165) is 18.9 Å². The van der Waals surface area contributed by atoms with E-state index in [2.05, 4.69) is 5.32 Å². The summed E-state index contributed by atoms with van der Waals surface area (Å²) in [4.78, 5) is 25.2. The topological polar surface area (TPSA) is 46.2 Å². The van der Waals surface area contributed by atoms with Crippen molar-refractivity contribution < 1.29 is 18.4 Å². The molecule has 3 rings (SSSR count). The van der Waals surface area contributed by atoms with Crippen molar-refractivity contribution in [2.75, 3.05) is 11.9 Å². The number of ketones is 2. The molecule has 0 saturated heterocycles. The van der Waals surface area contributed by atoms with Crippen LogP contribution in [0.15, 0.2) is 30.3 Å². The Hall–Kier alpha value is -2.56. The summed E-state index contributed by atoms with van der Waals surface area (Å²) in [5.74, 6) is -3.19. The molecular weight excluding hydrogens is 300 g/mol. The summed E-state index contributed by atoms with van der Waals surface area (Å²) in [6.07, 6.45) is 1.60. The van der Waals surface area contributed by atoms with Crippen LogP contribution in [0.25, 0.3) is 0 Å². The second-order valence-corrected chi connectivity index (χ2v) is 5.45. The summed E-state index contributed by atoms with van der Waals surface area (Å²) in [6.45, 7) is 2.36. The van der Waals surface area contributed by atoms with Crippen molar-refractivity contribution in [3.8, 4) is 0 Å². The lowest BCUT2D eigenvalue weighted by molar-refractivity contribution is 0.0979. The number of fused-ring (bicyclic) bond motifs is 2. The number of hydrogen-bond donors (Lipinski definition) is 1. The van der Waals surface area contributed by atoms with Gasteiger partial charge in [-0.05, 0) is 12.5 Å². The van der Waals surface area contributed by atoms with Crippen LogP contribution >= 0.6 is 0 Å². The molecule has 0 atom stereocenters. The van der Waals surface area contributed by atoms with Gasteiger partial charge >= 0.3 is 0 Å². The minimum atomic E-state index is -1.14. The summed E-state index contributed by atoms with van der Waals surface area (Å²) in [5, 5.41) is 2.78. The molecule has 1 aliphatic rings. The lowest BCUT2D eigenvalue weighted by atomic mass is 9.83. The number of rotatable bonds is 4. The summed E-state index contributed by atoms with van der Waals surface area (Å²) < 4.78 is 28.1. The second kappa shape index (κ2) is 5.91. The van der Waals surface area contributed by atoms with Gasteiger partial charge in [0.05, 0.1) is 11.3 Å². The van der Waals surface area contributed by atoms with Gasteiger partial charge in [0.1, 0.15) is 0 Å². The molecule has 23 heavy (non-hydrogen) atoms. The number of carbonyl (C=O) groups is 2. The van der Waals surface area contributed by atoms with Crippen molar-refractivity contribution in [3.63, 3.8) is 0 Å². The fourth-order valence-corrected chi connectivity index (χ4v) is 2.76. The molecule has 1 N–H and O–H groups in total. The predicted molar refractivity (Wildman–Crippen MR) is 83.1 cm³/mol. The third-order valence-electron chi connectivity index (χ3n) is 3.94. The maximum absolute atomic E-state index is 14.2. The van der Waals surface area contributed by atoms with Crippen LogP contribution in [0.1, 0.15) is 51.6 Å². The summed E-state index contributed by atoms with van der Waals surface area (Å²) in [7, 11) is 0. The van der Waals surface area contributed by atoms with Crippen molar-refractivity contribution in [3.05, 3.63) is 64.2 Å². The van der Waals surface area contributed by atoms with Crippen LogP contribution in [0.4, 0.5) is 14.5 Å². The second-order valence-electron chi connectivity index (χ2n) is 5.45. The van der Waals surface area contributed by atoms with Crippen molar-refractivity contribution >= 4 is 17.3 Å². The van der Waals surface area contributed by atoms with E-state index in [4.69, 9.17) is 0 Å². The maximum Gasteiger partial charge on any atom is 0.196 e. The van der Waals surface area contributed by atoms with E-state index >= 15 is 0 Å². The van der Waals surface area contributed by atoms with E-state index in [1.165, 1.54) is 12.1 Å². The molecule has 118 valence electrons. The predicted octanol–water partition coefficient (Wildman–Crippen LogP) is 3.95. The van der Waals surface area contributed by atoms with Gasteiger partial charge in [0.15, 0.2) is 23.2 Å². The van der Waals surface area contributed by atoms with Gasteiger partial charge < -0.3 is 5.32 Å². The average molecular weight is 315 g/mol. The molecule has 0 amide bonds. The van der Waals surface area contributed by atoms with E-state index < -0.39 is 23.2 Å². The molecule has 0 unspecified atom stereocenters. The van der Waals surface area contributed by atoms with Gasteiger partial charge in [-0.2, -0.15) is 0 Å². The standard InChI is InChI=1S/C18H15F2NO2/c1-2-3-8-21-16-14-12(9-13(19)15(16)20)17(22)10-6-4-5-7-11(10)18(14)23/h4-7,9,21H,2-3,8H2,1H3. The average Bonchev–Trinajstić information content (AvgIpc) is 2.56. The number of hydrogen-bond acceptors (Lipinski definition) is 3. The van der Waals surface area contributed by atoms with Crippen molar-refractivity contribution in [1.29, 1.82) is 0 Å². The van der Waals surface area contributed by atoms with Crippen LogP contribution in [0, 0.1) is 11.6 Å². The van der Waals surface area contributed by atoms with E-state index in [9.17, 15) is 18.4 Å². The largest absolute Gasteiger partial charge is 0.382 e. The molecular formula is C18H15F2NO2. The minimum absolute atomic E-state index is 0.0799. The Morgan fingerprint density at radius 3 is 2.30 bits per heavy atom. The SMILES string of the molecule is CCCCNc1c(F)c(F)cc2c1C(=O)c1ccccc1C2=O. The van der Waals surface area contributed by atoms with Crippen LogP contribution in [-0.4, -0.2) is 18.1 Å². The van der Waals surface area contributed by atoms with E-state index in [0.29, 0.717) is 6.54 Å². The first-order valence-electron chi connectivity index (χ1n) is 7.50. The van der Waals surface area contributed by atoms with Crippen molar-refractivity contribution in [2.24, 2.45) is 0 Å². The third-order valence-corrected chi connectivity index (χ3v) is 3.94. The van der Waals surface area contributed by atoms with Gasteiger partial charge in [-0.3, -0.25) is 9.59 Å². The molecule has 0 aliphatic heterocycles. The maximum atomic E-state index is 14.2. The van der Waals surface area contributed by atoms with Crippen LogP contribution in [0.2, 0.25) is 0 Å². The number of nitrogens with one attached hydrogen (secondary N) is 1. The lowest BCUT2D eigenvalue weighted by Gasteiger charge is -2.21. The zero-order chi connectivity index (χ0) is 16.6. The molecule has 0 spiro atoms. The molecule has 0 radical (unpaired) electrons. The molecule has 0 aromatic heterocycles. The zero-order valence-electron chi connectivity index (χ0n) is 12.6. The van der Waals surface area contributed by atoms with Gasteiger partial charge in [0, 0.05) is 23.2 Å². The molecule has 5 heteroatoms. The molecule has 2 aromatic carbocycles. The normalized spacial score (nSPS) is 12.8. The Morgan fingerprint density at radius 1 is 1.00 bits per heavy atom. The number of anilines is 1. The number of unbranched alkanes of at least 4 members (excludes halogenated alkanes) is 1. The fraction of sp³-hybridized carbons (Fsp3) is 0.222. The van der Waals surface area contributed by atoms with Crippen LogP contribution in [-0.2, 0) is 0 Å². The molecule has 0 heterocycles. The first kappa shape index (κ1) is 15.3. The van der Waals surface area contributed by atoms with Crippen LogP contribution < -0.4 is 5.32 Å². The molecule has 0 bridgehead atoms. The van der Waals surface area contributed by atoms with Crippen molar-refractivity contribution in [2.45, 2.75) is 19.8 Å². The Morgan fingerprint density at radius 2 is 1.65 bits per heavy atom. The molecule has 3 nitrogen and oxygen atoms in total. The monoisotopic (exact) mass is 315 g/mol. The van der Waals surface area contributed by atoms with Crippen LogP contribution in [0.5, 0.6) is 0 Å². The minimum Gasteiger partial charge on any atom is -0.382 e. The van der Waals surface area contributed by atoms with E-state index in [1.54, 1.807) is 12.1 Å². The first-order valence-corrected chi connectivity index (χ1v) is 7.50. The molecule has 2 aromatic rings. The quantitative estimate of drug-likeness (QED) is 0.742. The smallest absolute Gasteiger partial charge is 0.196 e. The Labute approximate surface area is 132 Å². The summed E-state index contributed by atoms with van der Waals surface area (Å²) in [5.41, 5.74) is 0.0432. The van der Waals surface area contributed by atoms with Crippen molar-refractivity contribution in [1.82, 2.24) is 0 Å². The number of carbonyl (C=O) groups excluding carboxylic acids is 2. The Bertz CT molecular complexity index is 815. The fourth-order valence-electron chi connectivity index (χ4n) is 2.76. The third kappa shape index (κ3) is 2.42. The summed E-state index contributed by atoms with van der Waals surface area (Å²) >= 11 is 0. The van der Waals surface area contributed by atoms with Gasteiger partial charge in [-0.1, -0.05) is 37.6 Å². The molecule has 1 aliphatic carbocycles. The van der Waals surface area contributed by atoms with E-state index in [1.807, 2.05) is 6.92 Å². The van der Waals surface area contributed by atoms with Gasteiger partial charge in [0.2, 0.25) is 0 Å². The van der Waals surface area contributed by atoms with Gasteiger partial charge in [0.25, 0.3) is 0 Å². The van der Waals surface area contributed by atoms with E-state index in [-0.39, 0.29) is 27.9 Å². The lowest BCUT2D eigenvalue weighted by Crippen LogP contribution is -2.24. The Kier molecular flexibility index (Phi) is 3.94. The molecule has 0 saturated carbocycles. The summed E-state index contributed by atoms with van der Waals surface area (Å²) in [6, 6.07) is 7.12.